The Morgan fingerprint density at radius 2 is 2.28 bits per heavy atom. The van der Waals surface area contributed by atoms with Gasteiger partial charge >= 0.3 is 5.97 Å². The van der Waals surface area contributed by atoms with Gasteiger partial charge in [-0.2, -0.15) is 5.10 Å². The predicted molar refractivity (Wildman–Crippen MR) is 59.7 cm³/mol. The molecule has 1 aromatic rings. The monoisotopic (exact) mass is 256 g/mol. The molecule has 18 heavy (non-hydrogen) atoms. The Morgan fingerprint density at radius 3 is 2.89 bits per heavy atom. The number of aliphatic carboxylic acids is 1. The lowest BCUT2D eigenvalue weighted by Gasteiger charge is -2.22. The van der Waals surface area contributed by atoms with Crippen molar-refractivity contribution < 1.29 is 24.9 Å². The fourth-order valence-corrected chi connectivity index (χ4v) is 1.91. The zero-order valence-electron chi connectivity index (χ0n) is 9.77. The molecule has 100 valence electrons. The van der Waals surface area contributed by atoms with Crippen LogP contribution >= 0.6 is 0 Å². The normalized spacial score (nSPS) is 23.6. The van der Waals surface area contributed by atoms with Crippen molar-refractivity contribution in [1.29, 1.82) is 0 Å². The summed E-state index contributed by atoms with van der Waals surface area (Å²) in [7, 11) is 0. The molecule has 3 N–H and O–H groups in total. The van der Waals surface area contributed by atoms with Gasteiger partial charge in [0.1, 0.15) is 12.3 Å². The van der Waals surface area contributed by atoms with E-state index in [4.69, 9.17) is 9.84 Å². The highest BCUT2D eigenvalue weighted by Crippen LogP contribution is 2.24. The summed E-state index contributed by atoms with van der Waals surface area (Å²) in [5.74, 6) is -1.47. The summed E-state index contributed by atoms with van der Waals surface area (Å²) >= 11 is 0. The number of hydrogen-bond donors (Lipinski definition) is 3. The second-order valence-electron chi connectivity index (χ2n) is 4.30. The van der Waals surface area contributed by atoms with E-state index in [0.29, 0.717) is 6.61 Å². The van der Waals surface area contributed by atoms with E-state index in [-0.39, 0.29) is 11.8 Å². The van der Waals surface area contributed by atoms with Crippen molar-refractivity contribution in [3.63, 3.8) is 0 Å². The van der Waals surface area contributed by atoms with Crippen molar-refractivity contribution in [1.82, 2.24) is 9.78 Å². The first-order valence-electron chi connectivity index (χ1n) is 5.84. The molecule has 1 fully saturated rings. The highest BCUT2D eigenvalue weighted by Gasteiger charge is 2.27. The lowest BCUT2D eigenvalue weighted by atomic mass is 10.1. The zero-order chi connectivity index (χ0) is 13.1. The molecule has 0 radical (unpaired) electrons. The smallest absolute Gasteiger partial charge is 0.335 e. The fraction of sp³-hybridized carbons (Fsp3) is 0.636. The molecule has 1 aliphatic heterocycles. The van der Waals surface area contributed by atoms with E-state index >= 15 is 0 Å². The van der Waals surface area contributed by atoms with Gasteiger partial charge in [0.15, 0.2) is 6.10 Å². The molecule has 3 atom stereocenters. The molecular weight excluding hydrogens is 240 g/mol. The van der Waals surface area contributed by atoms with E-state index in [9.17, 15) is 15.0 Å². The van der Waals surface area contributed by atoms with Crippen molar-refractivity contribution in [2.45, 2.75) is 37.7 Å². The number of carboxylic acids is 1. The van der Waals surface area contributed by atoms with E-state index in [1.807, 2.05) is 0 Å². The van der Waals surface area contributed by atoms with Crippen LogP contribution in [0.1, 0.15) is 37.2 Å². The maximum absolute atomic E-state index is 10.6. The minimum absolute atomic E-state index is 0.179. The SMILES string of the molecule is O=C(O)C(O)C(O)c1cnn([C@@H]2CCCCO2)c1. The maximum Gasteiger partial charge on any atom is 0.335 e. The van der Waals surface area contributed by atoms with Gasteiger partial charge in [0.05, 0.1) is 6.20 Å². The third-order valence-electron chi connectivity index (χ3n) is 2.97. The number of hydrogen-bond acceptors (Lipinski definition) is 5. The molecule has 2 heterocycles. The highest BCUT2D eigenvalue weighted by molar-refractivity contribution is 5.72. The number of carbonyl (C=O) groups is 1. The quantitative estimate of drug-likeness (QED) is 0.703. The fourth-order valence-electron chi connectivity index (χ4n) is 1.91. The maximum atomic E-state index is 10.6. The second kappa shape index (κ2) is 5.47. The first-order chi connectivity index (χ1) is 8.59. The Balaban J connectivity index is 2.07. The average Bonchev–Trinajstić information content (AvgIpc) is 2.87. The summed E-state index contributed by atoms with van der Waals surface area (Å²) in [6.07, 6.45) is 2.22. The molecule has 0 aromatic carbocycles. The second-order valence-corrected chi connectivity index (χ2v) is 4.30. The first kappa shape index (κ1) is 13.0. The summed E-state index contributed by atoms with van der Waals surface area (Å²) in [6, 6.07) is 0. The van der Waals surface area contributed by atoms with Gasteiger partial charge in [-0.3, -0.25) is 0 Å². The number of aliphatic hydroxyl groups is 2. The molecule has 0 saturated carbocycles. The number of nitrogens with zero attached hydrogens (tertiary/aromatic N) is 2. The van der Waals surface area contributed by atoms with Crippen molar-refractivity contribution in [2.75, 3.05) is 6.61 Å². The van der Waals surface area contributed by atoms with Crippen molar-refractivity contribution in [2.24, 2.45) is 0 Å². The van der Waals surface area contributed by atoms with E-state index in [1.165, 1.54) is 12.4 Å². The Hall–Kier alpha value is -1.44. The summed E-state index contributed by atoms with van der Waals surface area (Å²) in [6.45, 7) is 0.667. The first-order valence-corrected chi connectivity index (χ1v) is 5.84. The highest BCUT2D eigenvalue weighted by atomic mass is 16.5. The number of rotatable bonds is 4. The number of aliphatic hydroxyl groups excluding tert-OH is 2. The van der Waals surface area contributed by atoms with Gasteiger partial charge in [-0.05, 0) is 19.3 Å². The molecule has 7 heteroatoms. The van der Waals surface area contributed by atoms with Crippen LogP contribution in [-0.2, 0) is 9.53 Å². The molecule has 0 spiro atoms. The zero-order valence-corrected chi connectivity index (χ0v) is 9.77. The number of carboxylic acid groups (broad SMARTS) is 1. The van der Waals surface area contributed by atoms with Crippen LogP contribution in [0, 0.1) is 0 Å². The van der Waals surface area contributed by atoms with Crippen LogP contribution in [-0.4, -0.2) is 43.8 Å². The molecule has 0 aliphatic carbocycles. The largest absolute Gasteiger partial charge is 0.479 e. The molecule has 2 unspecified atom stereocenters. The van der Waals surface area contributed by atoms with Gasteiger partial charge in [0.2, 0.25) is 0 Å². The van der Waals surface area contributed by atoms with Crippen LogP contribution in [0.2, 0.25) is 0 Å². The summed E-state index contributed by atoms with van der Waals surface area (Å²) < 4.78 is 7.05. The van der Waals surface area contributed by atoms with E-state index in [1.54, 1.807) is 4.68 Å². The van der Waals surface area contributed by atoms with Gasteiger partial charge in [0.25, 0.3) is 0 Å². The summed E-state index contributed by atoms with van der Waals surface area (Å²) in [4.78, 5) is 10.6. The number of ether oxygens (including phenoxy) is 1. The Bertz CT molecular complexity index is 413. The van der Waals surface area contributed by atoms with Crippen LogP contribution in [0.25, 0.3) is 0 Å². The summed E-state index contributed by atoms with van der Waals surface area (Å²) in [5, 5.41) is 31.5. The minimum atomic E-state index is -1.85. The van der Waals surface area contributed by atoms with E-state index in [2.05, 4.69) is 5.10 Å². The number of aromatic nitrogens is 2. The lowest BCUT2D eigenvalue weighted by Crippen LogP contribution is -2.27. The average molecular weight is 256 g/mol. The van der Waals surface area contributed by atoms with Crippen LogP contribution in [0.5, 0.6) is 0 Å². The van der Waals surface area contributed by atoms with Crippen LogP contribution in [0.4, 0.5) is 0 Å². The van der Waals surface area contributed by atoms with Crippen LogP contribution < -0.4 is 0 Å². The molecule has 0 amide bonds. The molecular formula is C11H16N2O5. The van der Waals surface area contributed by atoms with Gasteiger partial charge in [-0.15, -0.1) is 0 Å². The molecule has 1 saturated heterocycles. The van der Waals surface area contributed by atoms with Gasteiger partial charge < -0.3 is 20.1 Å². The minimum Gasteiger partial charge on any atom is -0.479 e. The molecule has 7 nitrogen and oxygen atoms in total. The molecule has 1 aromatic heterocycles. The standard InChI is InChI=1S/C11H16N2O5/c14-9(10(15)11(16)17)7-5-12-13(6-7)8-3-1-2-4-18-8/h5-6,8-10,14-15H,1-4H2,(H,16,17)/t8-,9?,10?/m0/s1. The van der Waals surface area contributed by atoms with Crippen molar-refractivity contribution in [3.8, 4) is 0 Å². The van der Waals surface area contributed by atoms with Crippen LogP contribution in [0.15, 0.2) is 12.4 Å². The van der Waals surface area contributed by atoms with Gasteiger partial charge in [0, 0.05) is 18.4 Å². The van der Waals surface area contributed by atoms with Crippen molar-refractivity contribution in [3.05, 3.63) is 18.0 Å². The molecule has 2 rings (SSSR count). The third-order valence-corrected chi connectivity index (χ3v) is 2.97. The van der Waals surface area contributed by atoms with Crippen molar-refractivity contribution >= 4 is 5.97 Å². The van der Waals surface area contributed by atoms with E-state index in [0.717, 1.165) is 19.3 Å². The Kier molecular flexibility index (Phi) is 3.95. The van der Waals surface area contributed by atoms with Crippen LogP contribution in [0.3, 0.4) is 0 Å². The Morgan fingerprint density at radius 1 is 1.50 bits per heavy atom. The van der Waals surface area contributed by atoms with E-state index < -0.39 is 18.2 Å². The molecule has 0 bridgehead atoms. The molecule has 1 aliphatic rings. The topological polar surface area (TPSA) is 105 Å². The lowest BCUT2D eigenvalue weighted by molar-refractivity contribution is -0.153. The van der Waals surface area contributed by atoms with Gasteiger partial charge in [-0.1, -0.05) is 0 Å². The third kappa shape index (κ3) is 2.69. The van der Waals surface area contributed by atoms with Gasteiger partial charge in [-0.25, -0.2) is 9.48 Å². The Labute approximate surface area is 104 Å². The predicted octanol–water partition coefficient (Wildman–Crippen LogP) is 0.0611. The summed E-state index contributed by atoms with van der Waals surface area (Å²) in [5.41, 5.74) is 0.263.